The molecule has 0 saturated heterocycles. The van der Waals surface area contributed by atoms with Crippen molar-refractivity contribution in [2.75, 3.05) is 12.4 Å². The predicted octanol–water partition coefficient (Wildman–Crippen LogP) is 4.13. The van der Waals surface area contributed by atoms with Crippen molar-refractivity contribution in [1.82, 2.24) is 0 Å². The summed E-state index contributed by atoms with van der Waals surface area (Å²) in [5.41, 5.74) is 1.20. The molecule has 2 aromatic rings. The third kappa shape index (κ3) is 3.78. The van der Waals surface area contributed by atoms with Crippen molar-refractivity contribution in [2.24, 2.45) is 0 Å². The van der Waals surface area contributed by atoms with Crippen LogP contribution >= 0.6 is 15.9 Å². The van der Waals surface area contributed by atoms with Crippen LogP contribution in [0.15, 0.2) is 40.9 Å². The number of rotatable bonds is 4. The van der Waals surface area contributed by atoms with Crippen LogP contribution in [0.5, 0.6) is 0 Å². The van der Waals surface area contributed by atoms with Crippen molar-refractivity contribution in [3.8, 4) is 0 Å². The van der Waals surface area contributed by atoms with Crippen molar-refractivity contribution in [3.05, 3.63) is 63.6 Å². The lowest BCUT2D eigenvalue weighted by molar-refractivity contribution is 0.0600. The molecule has 0 amide bonds. The number of carbonyl (C=O) groups excluding carboxylic acids is 1. The van der Waals surface area contributed by atoms with E-state index in [9.17, 15) is 13.6 Å². The number of hydrogen-bond donors (Lipinski definition) is 1. The molecule has 2 rings (SSSR count). The SMILES string of the molecule is COC(=O)c1ccc(CNc2ccc(F)c(Br)c2)c(F)c1. The van der Waals surface area contributed by atoms with Gasteiger partial charge in [-0.1, -0.05) is 6.07 Å². The maximum absolute atomic E-state index is 13.9. The van der Waals surface area contributed by atoms with Gasteiger partial charge in [-0.05, 0) is 46.3 Å². The van der Waals surface area contributed by atoms with E-state index < -0.39 is 11.8 Å². The molecule has 0 aliphatic carbocycles. The number of benzene rings is 2. The van der Waals surface area contributed by atoms with Crippen LogP contribution in [0.1, 0.15) is 15.9 Å². The summed E-state index contributed by atoms with van der Waals surface area (Å²) in [4.78, 5) is 11.3. The van der Waals surface area contributed by atoms with Crippen molar-refractivity contribution in [3.63, 3.8) is 0 Å². The van der Waals surface area contributed by atoms with Crippen molar-refractivity contribution in [1.29, 1.82) is 0 Å². The van der Waals surface area contributed by atoms with Gasteiger partial charge in [0, 0.05) is 17.8 Å². The maximum atomic E-state index is 13.9. The highest BCUT2D eigenvalue weighted by molar-refractivity contribution is 9.10. The van der Waals surface area contributed by atoms with Gasteiger partial charge in [-0.3, -0.25) is 0 Å². The molecular weight excluding hydrogens is 344 g/mol. The summed E-state index contributed by atoms with van der Waals surface area (Å²) in [7, 11) is 1.24. The minimum atomic E-state index is -0.587. The van der Waals surface area contributed by atoms with Gasteiger partial charge in [0.15, 0.2) is 0 Å². The van der Waals surface area contributed by atoms with E-state index in [0.717, 1.165) is 6.07 Å². The highest BCUT2D eigenvalue weighted by atomic mass is 79.9. The molecular formula is C15H12BrF2NO2. The van der Waals surface area contributed by atoms with Crippen LogP contribution in [0.25, 0.3) is 0 Å². The zero-order valence-electron chi connectivity index (χ0n) is 11.1. The summed E-state index contributed by atoms with van der Waals surface area (Å²) in [6.07, 6.45) is 0. The van der Waals surface area contributed by atoms with Crippen LogP contribution in [0.4, 0.5) is 14.5 Å². The van der Waals surface area contributed by atoms with E-state index in [1.807, 2.05) is 0 Å². The average molecular weight is 356 g/mol. The molecule has 0 bridgehead atoms. The van der Waals surface area contributed by atoms with E-state index in [1.54, 1.807) is 12.1 Å². The molecule has 0 saturated carbocycles. The molecule has 0 heterocycles. The molecule has 0 unspecified atom stereocenters. The molecule has 0 fully saturated rings. The molecule has 0 radical (unpaired) electrons. The lowest BCUT2D eigenvalue weighted by Gasteiger charge is -2.09. The van der Waals surface area contributed by atoms with Gasteiger partial charge >= 0.3 is 5.97 Å². The molecule has 0 aliphatic heterocycles. The molecule has 21 heavy (non-hydrogen) atoms. The first-order valence-electron chi connectivity index (χ1n) is 6.07. The minimum Gasteiger partial charge on any atom is -0.465 e. The summed E-state index contributed by atoms with van der Waals surface area (Å²) in [5.74, 6) is -1.46. The van der Waals surface area contributed by atoms with Crippen molar-refractivity contribution < 1.29 is 18.3 Å². The molecule has 2 aromatic carbocycles. The Bertz CT molecular complexity index is 677. The number of hydrogen-bond acceptors (Lipinski definition) is 3. The Hall–Kier alpha value is -1.95. The molecule has 0 spiro atoms. The number of anilines is 1. The van der Waals surface area contributed by atoms with Crippen molar-refractivity contribution in [2.45, 2.75) is 6.54 Å². The van der Waals surface area contributed by atoms with E-state index in [2.05, 4.69) is 26.0 Å². The fourth-order valence-corrected chi connectivity index (χ4v) is 2.12. The summed E-state index contributed by atoms with van der Waals surface area (Å²) in [5, 5.41) is 2.98. The van der Waals surface area contributed by atoms with Gasteiger partial charge < -0.3 is 10.1 Å². The maximum Gasteiger partial charge on any atom is 0.337 e. The first kappa shape index (κ1) is 15.4. The Morgan fingerprint density at radius 3 is 2.57 bits per heavy atom. The van der Waals surface area contributed by atoms with Crippen LogP contribution in [0.3, 0.4) is 0 Å². The van der Waals surface area contributed by atoms with Crippen LogP contribution < -0.4 is 5.32 Å². The highest BCUT2D eigenvalue weighted by Crippen LogP contribution is 2.21. The average Bonchev–Trinajstić information content (AvgIpc) is 2.48. The largest absolute Gasteiger partial charge is 0.465 e. The van der Waals surface area contributed by atoms with Crippen LogP contribution in [0, 0.1) is 11.6 Å². The van der Waals surface area contributed by atoms with Gasteiger partial charge in [0.1, 0.15) is 11.6 Å². The summed E-state index contributed by atoms with van der Waals surface area (Å²) < 4.78 is 31.8. The third-order valence-electron chi connectivity index (χ3n) is 2.88. The Morgan fingerprint density at radius 2 is 1.95 bits per heavy atom. The Morgan fingerprint density at radius 1 is 1.19 bits per heavy atom. The Kier molecular flexibility index (Phi) is 4.90. The highest BCUT2D eigenvalue weighted by Gasteiger charge is 2.10. The molecule has 0 aliphatic rings. The second kappa shape index (κ2) is 6.67. The van der Waals surface area contributed by atoms with E-state index in [1.165, 1.54) is 25.3 Å². The first-order chi connectivity index (χ1) is 10.0. The topological polar surface area (TPSA) is 38.3 Å². The zero-order chi connectivity index (χ0) is 15.4. The van der Waals surface area contributed by atoms with Crippen LogP contribution in [0.2, 0.25) is 0 Å². The lowest BCUT2D eigenvalue weighted by atomic mass is 10.1. The van der Waals surface area contributed by atoms with Gasteiger partial charge in [0.05, 0.1) is 17.1 Å². The number of esters is 1. The molecule has 1 N–H and O–H groups in total. The quantitative estimate of drug-likeness (QED) is 0.838. The number of nitrogens with one attached hydrogen (secondary N) is 1. The number of methoxy groups -OCH3 is 1. The smallest absolute Gasteiger partial charge is 0.337 e. The summed E-state index contributed by atoms with van der Waals surface area (Å²) in [6.45, 7) is 0.214. The van der Waals surface area contributed by atoms with Gasteiger partial charge in [-0.15, -0.1) is 0 Å². The fraction of sp³-hybridized carbons (Fsp3) is 0.133. The molecule has 6 heteroatoms. The number of halogens is 3. The molecule has 0 aromatic heterocycles. The summed E-state index contributed by atoms with van der Waals surface area (Å²) >= 11 is 3.08. The Labute approximate surface area is 129 Å². The minimum absolute atomic E-state index is 0.156. The van der Waals surface area contributed by atoms with Gasteiger partial charge in [0.25, 0.3) is 0 Å². The standard InChI is InChI=1S/C15H12BrF2NO2/c1-21-15(20)9-2-3-10(14(18)6-9)8-19-11-4-5-13(17)12(16)7-11/h2-7,19H,8H2,1H3. The van der Waals surface area contributed by atoms with Crippen LogP contribution in [-0.2, 0) is 11.3 Å². The number of ether oxygens (including phenoxy) is 1. The lowest BCUT2D eigenvalue weighted by Crippen LogP contribution is -2.06. The number of carbonyl (C=O) groups is 1. The van der Waals surface area contributed by atoms with E-state index in [4.69, 9.17) is 0 Å². The molecule has 0 atom stereocenters. The zero-order valence-corrected chi connectivity index (χ0v) is 12.7. The predicted molar refractivity (Wildman–Crippen MR) is 79.2 cm³/mol. The monoisotopic (exact) mass is 355 g/mol. The van der Waals surface area contributed by atoms with E-state index >= 15 is 0 Å². The van der Waals surface area contributed by atoms with Crippen LogP contribution in [-0.4, -0.2) is 13.1 Å². The van der Waals surface area contributed by atoms with Gasteiger partial charge in [-0.25, -0.2) is 13.6 Å². The molecule has 110 valence electrons. The fourth-order valence-electron chi connectivity index (χ4n) is 1.74. The Balaban J connectivity index is 2.09. The normalized spacial score (nSPS) is 10.3. The van der Waals surface area contributed by atoms with Gasteiger partial charge in [0.2, 0.25) is 0 Å². The van der Waals surface area contributed by atoms with E-state index in [0.29, 0.717) is 15.7 Å². The molecule has 3 nitrogen and oxygen atoms in total. The van der Waals surface area contributed by atoms with Crippen molar-refractivity contribution >= 4 is 27.6 Å². The van der Waals surface area contributed by atoms with Gasteiger partial charge in [-0.2, -0.15) is 0 Å². The second-order valence-electron chi connectivity index (χ2n) is 4.28. The van der Waals surface area contributed by atoms with E-state index in [-0.39, 0.29) is 17.9 Å². The summed E-state index contributed by atoms with van der Waals surface area (Å²) in [6, 6.07) is 8.56. The first-order valence-corrected chi connectivity index (χ1v) is 6.86. The second-order valence-corrected chi connectivity index (χ2v) is 5.13. The third-order valence-corrected chi connectivity index (χ3v) is 3.48.